The minimum atomic E-state index is -0.536. The molecule has 6 nitrogen and oxygen atoms in total. The lowest BCUT2D eigenvalue weighted by atomic mass is 10.0. The van der Waals surface area contributed by atoms with Gasteiger partial charge in [0.1, 0.15) is 5.69 Å². The summed E-state index contributed by atoms with van der Waals surface area (Å²) in [5.74, 6) is -0.739. The minimum absolute atomic E-state index is 0.256. The molecule has 0 unspecified atom stereocenters. The van der Waals surface area contributed by atoms with Gasteiger partial charge >= 0.3 is 5.97 Å². The fraction of sp³-hybridized carbons (Fsp3) is 0. The monoisotopic (exact) mass is 853 g/mol. The molecule has 0 aliphatic carbocycles. The third kappa shape index (κ3) is 6.36. The number of nitrogens with one attached hydrogen (secondary N) is 2. The number of H-pyrrole nitrogens is 1. The van der Waals surface area contributed by atoms with Gasteiger partial charge in [0, 0.05) is 45.1 Å². The van der Waals surface area contributed by atoms with Gasteiger partial charge in [0.25, 0.3) is 5.91 Å². The van der Waals surface area contributed by atoms with Gasteiger partial charge in [-0.1, -0.05) is 61.7 Å². The molecule has 0 spiro atoms. The Bertz CT molecular complexity index is 1810. The molecule has 5 rings (SSSR count). The van der Waals surface area contributed by atoms with E-state index in [2.05, 4.69) is 85.9 Å². The fourth-order valence-corrected chi connectivity index (χ4v) is 6.34. The van der Waals surface area contributed by atoms with Gasteiger partial charge in [0.2, 0.25) is 0 Å². The van der Waals surface area contributed by atoms with Crippen LogP contribution in [0.5, 0.6) is 5.75 Å². The number of carbonyl (C=O) groups excluding carboxylic acids is 2. The maximum Gasteiger partial charge on any atom is 0.343 e. The third-order valence-electron chi connectivity index (χ3n) is 5.81. The van der Waals surface area contributed by atoms with E-state index in [-0.39, 0.29) is 5.75 Å². The first kappa shape index (κ1) is 29.0. The Morgan fingerprint density at radius 2 is 1.70 bits per heavy atom. The molecule has 1 aromatic heterocycles. The van der Waals surface area contributed by atoms with E-state index in [1.165, 1.54) is 6.21 Å². The van der Waals surface area contributed by atoms with Gasteiger partial charge in [-0.2, -0.15) is 5.10 Å². The number of fused-ring (bicyclic) bond motifs is 1. The zero-order valence-corrected chi connectivity index (χ0v) is 27.8. The number of hydrazone groups is 1. The number of aromatic amines is 1. The molecule has 0 saturated carbocycles. The molecule has 0 radical (unpaired) electrons. The molecule has 5 aromatic rings. The second-order valence-electron chi connectivity index (χ2n) is 8.45. The van der Waals surface area contributed by atoms with Crippen LogP contribution in [0.4, 0.5) is 0 Å². The number of ether oxygens (including phenoxy) is 1. The Morgan fingerprint density at radius 1 is 0.950 bits per heavy atom. The number of carbonyl (C=O) groups is 2. The Morgan fingerprint density at radius 3 is 2.45 bits per heavy atom. The van der Waals surface area contributed by atoms with Crippen molar-refractivity contribution in [3.63, 3.8) is 0 Å². The van der Waals surface area contributed by atoms with E-state index in [4.69, 9.17) is 16.3 Å². The minimum Gasteiger partial charge on any atom is -0.421 e. The molecule has 0 fully saturated rings. The highest BCUT2D eigenvalue weighted by molar-refractivity contribution is 14.1. The van der Waals surface area contributed by atoms with Gasteiger partial charge in [0.15, 0.2) is 5.75 Å². The van der Waals surface area contributed by atoms with Gasteiger partial charge < -0.3 is 9.72 Å². The number of hydrogen-bond donors (Lipinski definition) is 2. The predicted molar refractivity (Wildman–Crippen MR) is 177 cm³/mol. The number of esters is 1. The van der Waals surface area contributed by atoms with Gasteiger partial charge in [-0.25, -0.2) is 10.2 Å². The number of hydrogen-bond acceptors (Lipinski definition) is 4. The van der Waals surface area contributed by atoms with Crippen molar-refractivity contribution in [3.8, 4) is 16.9 Å². The second-order valence-corrected chi connectivity index (χ2v) is 12.8. The molecule has 2 N–H and O–H groups in total. The standard InChI is InChI=1S/C29H16Br3ClIN3O3/c30-17-7-5-15(6-8-17)29(39)40-27-16(11-18(31)12-22(27)32)14-35-37-28(38)26-25(20-3-1-2-4-23(20)33)21-13-19(34)9-10-24(21)36-26/h1-14,36H,(H,37,38). The molecular weight excluding hydrogens is 840 g/mol. The number of benzene rings is 4. The van der Waals surface area contributed by atoms with Crippen LogP contribution >= 0.6 is 82.0 Å². The zero-order chi connectivity index (χ0) is 28.4. The quantitative estimate of drug-likeness (QED) is 0.0588. The number of aromatic nitrogens is 1. The van der Waals surface area contributed by atoms with Crippen LogP contribution in [0.2, 0.25) is 5.02 Å². The van der Waals surface area contributed by atoms with Gasteiger partial charge in [-0.05, 0) is 99.2 Å². The largest absolute Gasteiger partial charge is 0.421 e. The summed E-state index contributed by atoms with van der Waals surface area (Å²) in [6, 6.07) is 23.5. The molecule has 40 heavy (non-hydrogen) atoms. The van der Waals surface area contributed by atoms with Crippen molar-refractivity contribution in [3.05, 3.63) is 118 Å². The van der Waals surface area contributed by atoms with Gasteiger partial charge in [-0.15, -0.1) is 0 Å². The summed E-state index contributed by atoms with van der Waals surface area (Å²) in [5.41, 5.74) is 5.96. The summed E-state index contributed by atoms with van der Waals surface area (Å²) in [6.45, 7) is 0. The van der Waals surface area contributed by atoms with Crippen molar-refractivity contribution in [2.75, 3.05) is 0 Å². The van der Waals surface area contributed by atoms with Crippen molar-refractivity contribution in [2.45, 2.75) is 0 Å². The van der Waals surface area contributed by atoms with Crippen LogP contribution in [-0.4, -0.2) is 23.1 Å². The topological polar surface area (TPSA) is 83.5 Å². The fourth-order valence-electron chi connectivity index (χ4n) is 4.02. The summed E-state index contributed by atoms with van der Waals surface area (Å²) in [4.78, 5) is 29.4. The molecule has 0 aliphatic heterocycles. The maximum absolute atomic E-state index is 13.4. The van der Waals surface area contributed by atoms with Crippen LogP contribution in [-0.2, 0) is 0 Å². The summed E-state index contributed by atoms with van der Waals surface area (Å²) in [5, 5.41) is 5.57. The molecule has 11 heteroatoms. The molecule has 200 valence electrons. The van der Waals surface area contributed by atoms with E-state index in [1.807, 2.05) is 36.4 Å². The van der Waals surface area contributed by atoms with Crippen LogP contribution in [0.3, 0.4) is 0 Å². The molecule has 0 saturated heterocycles. The van der Waals surface area contributed by atoms with Crippen molar-refractivity contribution >= 4 is 111 Å². The molecule has 0 atom stereocenters. The van der Waals surface area contributed by atoms with E-state index in [1.54, 1.807) is 42.5 Å². The number of nitrogens with zero attached hydrogens (tertiary/aromatic N) is 1. The number of amides is 1. The van der Waals surface area contributed by atoms with Crippen LogP contribution in [0.25, 0.3) is 22.0 Å². The van der Waals surface area contributed by atoms with E-state index in [0.717, 1.165) is 29.0 Å². The van der Waals surface area contributed by atoms with Crippen molar-refractivity contribution in [2.24, 2.45) is 5.10 Å². The smallest absolute Gasteiger partial charge is 0.343 e. The van der Waals surface area contributed by atoms with Crippen LogP contribution in [0.15, 0.2) is 97.4 Å². The molecule has 4 aromatic carbocycles. The summed E-state index contributed by atoms with van der Waals surface area (Å²) in [6.07, 6.45) is 1.42. The number of rotatable bonds is 6. The SMILES string of the molecule is O=C(Oc1c(Br)cc(Br)cc1C=NNC(=O)c1[nH]c2ccc(I)cc2c1-c1ccccc1Cl)c1ccc(Br)cc1. The predicted octanol–water partition coefficient (Wildman–Crippen LogP) is 9.36. The summed E-state index contributed by atoms with van der Waals surface area (Å²) >= 11 is 19.0. The van der Waals surface area contributed by atoms with Crippen LogP contribution in [0, 0.1) is 3.57 Å². The average molecular weight is 857 g/mol. The van der Waals surface area contributed by atoms with E-state index in [9.17, 15) is 9.59 Å². The second kappa shape index (κ2) is 12.6. The summed E-state index contributed by atoms with van der Waals surface area (Å²) in [7, 11) is 0. The zero-order valence-electron chi connectivity index (χ0n) is 20.1. The summed E-state index contributed by atoms with van der Waals surface area (Å²) < 4.78 is 8.82. The highest BCUT2D eigenvalue weighted by Crippen LogP contribution is 2.37. The first-order valence-corrected chi connectivity index (χ1v) is 15.4. The Balaban J connectivity index is 1.45. The van der Waals surface area contributed by atoms with E-state index < -0.39 is 11.9 Å². The van der Waals surface area contributed by atoms with Crippen LogP contribution < -0.4 is 10.2 Å². The van der Waals surface area contributed by atoms with Gasteiger partial charge in [-0.3, -0.25) is 4.79 Å². The lowest BCUT2D eigenvalue weighted by molar-refractivity contribution is 0.0733. The van der Waals surface area contributed by atoms with E-state index in [0.29, 0.717) is 31.9 Å². The van der Waals surface area contributed by atoms with Crippen molar-refractivity contribution in [1.82, 2.24) is 10.4 Å². The molecule has 0 bridgehead atoms. The first-order chi connectivity index (χ1) is 19.2. The highest BCUT2D eigenvalue weighted by atomic mass is 127. The molecule has 0 aliphatic rings. The van der Waals surface area contributed by atoms with Crippen LogP contribution in [0.1, 0.15) is 26.4 Å². The Labute approximate surface area is 273 Å². The van der Waals surface area contributed by atoms with Gasteiger partial charge in [0.05, 0.1) is 16.3 Å². The maximum atomic E-state index is 13.4. The Hall–Kier alpha value is -2.51. The first-order valence-electron chi connectivity index (χ1n) is 11.6. The molecular formula is C29H16Br3ClIN3O3. The molecule has 1 heterocycles. The highest BCUT2D eigenvalue weighted by Gasteiger charge is 2.21. The average Bonchev–Trinajstić information content (AvgIpc) is 3.29. The number of halogens is 5. The van der Waals surface area contributed by atoms with Crippen molar-refractivity contribution < 1.29 is 14.3 Å². The Kier molecular flexibility index (Phi) is 9.11. The van der Waals surface area contributed by atoms with E-state index >= 15 is 0 Å². The normalized spacial score (nSPS) is 11.2. The third-order valence-corrected chi connectivity index (χ3v) is 8.39. The molecule has 1 amide bonds. The van der Waals surface area contributed by atoms with Crippen molar-refractivity contribution in [1.29, 1.82) is 0 Å². The lowest BCUT2D eigenvalue weighted by Crippen LogP contribution is -2.19. The lowest BCUT2D eigenvalue weighted by Gasteiger charge is -2.11.